The molecule has 1 aromatic heterocycles. The fourth-order valence-electron chi connectivity index (χ4n) is 2.24. The molecule has 0 aliphatic carbocycles. The molecule has 2 rings (SSSR count). The summed E-state index contributed by atoms with van der Waals surface area (Å²) in [5.74, 6) is 0. The number of aromatic nitrogens is 1. The van der Waals surface area contributed by atoms with Crippen LogP contribution in [0.25, 0.3) is 0 Å². The zero-order chi connectivity index (χ0) is 15.1. The van der Waals surface area contributed by atoms with Crippen LogP contribution in [0.5, 0.6) is 0 Å². The maximum atomic E-state index is 4.07. The lowest BCUT2D eigenvalue weighted by Crippen LogP contribution is -2.23. The molecule has 0 amide bonds. The van der Waals surface area contributed by atoms with Gasteiger partial charge in [0, 0.05) is 43.8 Å². The summed E-state index contributed by atoms with van der Waals surface area (Å²) >= 11 is 0. The van der Waals surface area contributed by atoms with E-state index >= 15 is 0 Å². The van der Waals surface area contributed by atoms with Crippen molar-refractivity contribution in [3.8, 4) is 0 Å². The average Bonchev–Trinajstić information content (AvgIpc) is 2.52. The molecule has 0 aliphatic heterocycles. The maximum Gasteiger partial charge on any atom is 0.0430 e. The molecule has 0 atom stereocenters. The zero-order valence-corrected chi connectivity index (χ0v) is 13.2. The van der Waals surface area contributed by atoms with Gasteiger partial charge in [-0.05, 0) is 42.3 Å². The quantitative estimate of drug-likeness (QED) is 0.841. The molecule has 112 valence electrons. The van der Waals surface area contributed by atoms with E-state index in [4.69, 9.17) is 0 Å². The zero-order valence-electron chi connectivity index (χ0n) is 13.2. The molecular formula is C18H25N3. The fraction of sp³-hybridized carbons (Fsp3) is 0.389. The van der Waals surface area contributed by atoms with E-state index < -0.39 is 0 Å². The number of nitrogens with zero attached hydrogens (tertiary/aromatic N) is 2. The first-order valence-electron chi connectivity index (χ1n) is 7.65. The Bertz CT molecular complexity index is 520. The van der Waals surface area contributed by atoms with Gasteiger partial charge in [0.2, 0.25) is 0 Å². The topological polar surface area (TPSA) is 28.2 Å². The Labute approximate surface area is 128 Å². The van der Waals surface area contributed by atoms with Crippen LogP contribution in [0.2, 0.25) is 0 Å². The highest BCUT2D eigenvalue weighted by Crippen LogP contribution is 2.17. The van der Waals surface area contributed by atoms with Crippen molar-refractivity contribution in [3.63, 3.8) is 0 Å². The highest BCUT2D eigenvalue weighted by Gasteiger charge is 2.05. The Morgan fingerprint density at radius 2 is 1.67 bits per heavy atom. The molecular weight excluding hydrogens is 258 g/mol. The second-order valence-corrected chi connectivity index (χ2v) is 5.57. The van der Waals surface area contributed by atoms with Crippen molar-refractivity contribution in [2.75, 3.05) is 11.4 Å². The van der Waals surface area contributed by atoms with Crippen molar-refractivity contribution < 1.29 is 0 Å². The Kier molecular flexibility index (Phi) is 5.76. The summed E-state index contributed by atoms with van der Waals surface area (Å²) < 4.78 is 0. The van der Waals surface area contributed by atoms with Crippen molar-refractivity contribution in [1.82, 2.24) is 10.3 Å². The van der Waals surface area contributed by atoms with E-state index in [1.807, 2.05) is 12.4 Å². The minimum absolute atomic E-state index is 0.517. The average molecular weight is 283 g/mol. The first kappa shape index (κ1) is 15.5. The molecule has 3 heteroatoms. The Balaban J connectivity index is 2.01. The normalized spacial score (nSPS) is 10.9. The maximum absolute atomic E-state index is 4.07. The number of rotatable bonds is 7. The molecule has 0 saturated carbocycles. The van der Waals surface area contributed by atoms with Crippen LogP contribution >= 0.6 is 0 Å². The smallest absolute Gasteiger partial charge is 0.0430 e. The summed E-state index contributed by atoms with van der Waals surface area (Å²) in [4.78, 5) is 6.44. The molecule has 0 radical (unpaired) electrons. The van der Waals surface area contributed by atoms with Crippen LogP contribution in [0.4, 0.5) is 5.69 Å². The Morgan fingerprint density at radius 3 is 2.24 bits per heavy atom. The van der Waals surface area contributed by atoms with Crippen LogP contribution in [0, 0.1) is 0 Å². The van der Waals surface area contributed by atoms with Gasteiger partial charge in [0.15, 0.2) is 0 Å². The van der Waals surface area contributed by atoms with Crippen LogP contribution in [0.1, 0.15) is 31.9 Å². The number of benzene rings is 1. The van der Waals surface area contributed by atoms with Crippen molar-refractivity contribution in [2.24, 2.45) is 0 Å². The lowest BCUT2D eigenvalue weighted by molar-refractivity contribution is 0.589. The number of hydrogen-bond donors (Lipinski definition) is 1. The molecule has 0 saturated heterocycles. The van der Waals surface area contributed by atoms with E-state index in [1.165, 1.54) is 16.8 Å². The second-order valence-electron chi connectivity index (χ2n) is 5.57. The van der Waals surface area contributed by atoms with Crippen molar-refractivity contribution in [3.05, 3.63) is 59.9 Å². The summed E-state index contributed by atoms with van der Waals surface area (Å²) in [5, 5.41) is 3.44. The van der Waals surface area contributed by atoms with E-state index in [-0.39, 0.29) is 0 Å². The summed E-state index contributed by atoms with van der Waals surface area (Å²) in [6.07, 6.45) is 3.70. The van der Waals surface area contributed by atoms with Gasteiger partial charge in [0.25, 0.3) is 0 Å². The third-order valence-electron chi connectivity index (χ3n) is 3.52. The van der Waals surface area contributed by atoms with E-state index in [9.17, 15) is 0 Å². The van der Waals surface area contributed by atoms with Crippen LogP contribution in [0.15, 0.2) is 48.8 Å². The molecule has 0 fully saturated rings. The third-order valence-corrected chi connectivity index (χ3v) is 3.52. The van der Waals surface area contributed by atoms with Gasteiger partial charge in [0.05, 0.1) is 0 Å². The fourth-order valence-corrected chi connectivity index (χ4v) is 2.24. The van der Waals surface area contributed by atoms with E-state index in [2.05, 4.69) is 72.4 Å². The van der Waals surface area contributed by atoms with Gasteiger partial charge in [-0.1, -0.05) is 26.0 Å². The van der Waals surface area contributed by atoms with Crippen molar-refractivity contribution in [2.45, 2.75) is 39.9 Å². The van der Waals surface area contributed by atoms with Gasteiger partial charge in [-0.2, -0.15) is 0 Å². The molecule has 0 bridgehead atoms. The van der Waals surface area contributed by atoms with Crippen LogP contribution in [-0.4, -0.2) is 17.6 Å². The monoisotopic (exact) mass is 283 g/mol. The van der Waals surface area contributed by atoms with Gasteiger partial charge >= 0.3 is 0 Å². The molecule has 3 nitrogen and oxygen atoms in total. The van der Waals surface area contributed by atoms with Gasteiger partial charge in [-0.15, -0.1) is 0 Å². The van der Waals surface area contributed by atoms with Gasteiger partial charge in [-0.3, -0.25) is 4.98 Å². The predicted molar refractivity (Wildman–Crippen MR) is 89.4 cm³/mol. The Morgan fingerprint density at radius 1 is 1.00 bits per heavy atom. The molecule has 1 aromatic carbocycles. The SMILES string of the molecule is CCN(Cc1ccncc1)c1ccc(CNC(C)C)cc1. The van der Waals surface area contributed by atoms with Crippen LogP contribution in [0.3, 0.4) is 0 Å². The molecule has 0 aliphatic rings. The number of anilines is 1. The van der Waals surface area contributed by atoms with Gasteiger partial charge < -0.3 is 10.2 Å². The summed E-state index contributed by atoms with van der Waals surface area (Å²) in [7, 11) is 0. The summed E-state index contributed by atoms with van der Waals surface area (Å²) in [6.45, 7) is 9.36. The van der Waals surface area contributed by atoms with Crippen molar-refractivity contribution in [1.29, 1.82) is 0 Å². The van der Waals surface area contributed by atoms with Crippen LogP contribution < -0.4 is 10.2 Å². The lowest BCUT2D eigenvalue weighted by Gasteiger charge is -2.23. The largest absolute Gasteiger partial charge is 0.367 e. The third kappa shape index (κ3) is 4.87. The predicted octanol–water partition coefficient (Wildman–Crippen LogP) is 3.61. The molecule has 21 heavy (non-hydrogen) atoms. The molecule has 1 N–H and O–H groups in total. The molecule has 0 unspecified atom stereocenters. The number of hydrogen-bond acceptors (Lipinski definition) is 3. The van der Waals surface area contributed by atoms with Crippen LogP contribution in [-0.2, 0) is 13.1 Å². The highest BCUT2D eigenvalue weighted by molar-refractivity contribution is 5.48. The Hall–Kier alpha value is -1.87. The number of nitrogens with one attached hydrogen (secondary N) is 1. The summed E-state index contributed by atoms with van der Waals surface area (Å²) in [6, 6.07) is 13.5. The molecule has 2 aromatic rings. The highest BCUT2D eigenvalue weighted by atomic mass is 15.1. The first-order chi connectivity index (χ1) is 10.2. The second kappa shape index (κ2) is 7.79. The van der Waals surface area contributed by atoms with Crippen molar-refractivity contribution >= 4 is 5.69 Å². The molecule has 0 spiro atoms. The standard InChI is InChI=1S/C18H25N3/c1-4-21(14-17-9-11-19-12-10-17)18-7-5-16(6-8-18)13-20-15(2)3/h5-12,15,20H,4,13-14H2,1-3H3. The van der Waals surface area contributed by atoms with E-state index in [0.717, 1.165) is 19.6 Å². The first-order valence-corrected chi connectivity index (χ1v) is 7.65. The lowest BCUT2D eigenvalue weighted by atomic mass is 10.1. The minimum atomic E-state index is 0.517. The van der Waals surface area contributed by atoms with Gasteiger partial charge in [0.1, 0.15) is 0 Å². The molecule has 1 heterocycles. The van der Waals surface area contributed by atoms with E-state index in [0.29, 0.717) is 6.04 Å². The van der Waals surface area contributed by atoms with Gasteiger partial charge in [-0.25, -0.2) is 0 Å². The van der Waals surface area contributed by atoms with E-state index in [1.54, 1.807) is 0 Å². The summed E-state index contributed by atoms with van der Waals surface area (Å²) in [5.41, 5.74) is 3.88. The minimum Gasteiger partial charge on any atom is -0.367 e. The number of pyridine rings is 1.